The van der Waals surface area contributed by atoms with E-state index in [0.717, 1.165) is 25.9 Å². The molecule has 0 saturated carbocycles. The highest BCUT2D eigenvalue weighted by molar-refractivity contribution is 6.34. The van der Waals surface area contributed by atoms with Crippen molar-refractivity contribution in [3.8, 4) is 0 Å². The zero-order chi connectivity index (χ0) is 31.6. The van der Waals surface area contributed by atoms with Gasteiger partial charge in [-0.05, 0) is 58.0 Å². The Morgan fingerprint density at radius 3 is 2.41 bits per heavy atom. The topological polar surface area (TPSA) is 128 Å². The third-order valence-corrected chi connectivity index (χ3v) is 8.17. The predicted molar refractivity (Wildman–Crippen MR) is 156 cm³/mol. The number of nitrogens with one attached hydrogen (secondary N) is 3. The quantitative estimate of drug-likeness (QED) is 0.361. The lowest BCUT2D eigenvalue weighted by atomic mass is 9.96. The van der Waals surface area contributed by atoms with Crippen LogP contribution in [0.5, 0.6) is 0 Å². The molecule has 3 aromatic rings. The van der Waals surface area contributed by atoms with Crippen LogP contribution in [0.4, 0.5) is 18.9 Å². The molecule has 0 aliphatic carbocycles. The summed E-state index contributed by atoms with van der Waals surface area (Å²) in [6.45, 7) is 6.85. The molecule has 15 heteroatoms. The first kappa shape index (κ1) is 31.5. The van der Waals surface area contributed by atoms with E-state index in [1.807, 2.05) is 4.90 Å². The van der Waals surface area contributed by atoms with Crippen molar-refractivity contribution in [3.63, 3.8) is 0 Å². The fraction of sp³-hybridized carbons (Fsp3) is 0.483. The number of alkyl halides is 3. The molecular formula is C29H34ClF3N8O3. The molecule has 1 aromatic carbocycles. The highest BCUT2D eigenvalue weighted by Gasteiger charge is 2.37. The number of hydrogen-bond donors (Lipinski definition) is 3. The number of rotatable bonds is 7. The standard InChI is InChI=1S/C29H34ClF3N8O3/c1-17(2)41-16-19(24(38-41)29(31,32)33)13-21-15-35-25(36-21)26(42)37-20-3-4-22(23(30)14-20)28(44)40-11-9-39(10-12-40)27(43)18-5-7-34-8-6-18/h3-4,14-18,34H,5-13H2,1-2H3,(H,35,36)(H,37,42). The largest absolute Gasteiger partial charge is 0.435 e. The maximum Gasteiger partial charge on any atom is 0.435 e. The van der Waals surface area contributed by atoms with Gasteiger partial charge in [0, 0.05) is 73.9 Å². The second-order valence-corrected chi connectivity index (χ2v) is 11.7. The van der Waals surface area contributed by atoms with Gasteiger partial charge in [0.1, 0.15) is 0 Å². The van der Waals surface area contributed by atoms with E-state index in [-0.39, 0.29) is 52.2 Å². The van der Waals surface area contributed by atoms with Crippen LogP contribution in [-0.2, 0) is 17.4 Å². The van der Waals surface area contributed by atoms with Gasteiger partial charge in [-0.3, -0.25) is 19.1 Å². The number of aromatic nitrogens is 4. The summed E-state index contributed by atoms with van der Waals surface area (Å²) in [5.74, 6) is -0.821. The monoisotopic (exact) mass is 634 g/mol. The van der Waals surface area contributed by atoms with E-state index in [9.17, 15) is 27.6 Å². The summed E-state index contributed by atoms with van der Waals surface area (Å²) in [5, 5.41) is 9.72. The number of piperazine rings is 1. The van der Waals surface area contributed by atoms with E-state index < -0.39 is 17.8 Å². The number of H-pyrrole nitrogens is 1. The molecule has 4 heterocycles. The van der Waals surface area contributed by atoms with Gasteiger partial charge in [0.2, 0.25) is 5.91 Å². The van der Waals surface area contributed by atoms with Crippen molar-refractivity contribution in [1.82, 2.24) is 34.9 Å². The van der Waals surface area contributed by atoms with Gasteiger partial charge in [-0.25, -0.2) is 4.98 Å². The Hall–Kier alpha value is -3.91. The number of halogens is 4. The number of anilines is 1. The van der Waals surface area contributed by atoms with Gasteiger partial charge in [-0.1, -0.05) is 11.6 Å². The first-order valence-corrected chi connectivity index (χ1v) is 14.9. The number of aromatic amines is 1. The molecule has 0 unspecified atom stereocenters. The van der Waals surface area contributed by atoms with Crippen LogP contribution in [0.1, 0.15) is 70.7 Å². The summed E-state index contributed by atoms with van der Waals surface area (Å²) in [6, 6.07) is 4.24. The fourth-order valence-corrected chi connectivity index (χ4v) is 5.68. The van der Waals surface area contributed by atoms with Crippen molar-refractivity contribution in [1.29, 1.82) is 0 Å². The minimum atomic E-state index is -4.62. The molecule has 3 amide bonds. The lowest BCUT2D eigenvalue weighted by molar-refractivity contribution is -0.142. The molecule has 44 heavy (non-hydrogen) atoms. The van der Waals surface area contributed by atoms with Crippen LogP contribution < -0.4 is 10.6 Å². The molecule has 2 fully saturated rings. The number of carbonyl (C=O) groups excluding carboxylic acids is 3. The number of piperidine rings is 1. The van der Waals surface area contributed by atoms with Gasteiger partial charge in [-0.2, -0.15) is 18.3 Å². The van der Waals surface area contributed by atoms with Crippen LogP contribution in [0.15, 0.2) is 30.6 Å². The third kappa shape index (κ3) is 7.07. The van der Waals surface area contributed by atoms with Crippen LogP contribution >= 0.6 is 11.6 Å². The van der Waals surface area contributed by atoms with Crippen molar-refractivity contribution >= 4 is 35.0 Å². The van der Waals surface area contributed by atoms with Crippen molar-refractivity contribution in [2.24, 2.45) is 5.92 Å². The Labute approximate surface area is 257 Å². The molecule has 0 radical (unpaired) electrons. The number of nitrogens with zero attached hydrogens (tertiary/aromatic N) is 5. The predicted octanol–water partition coefficient (Wildman–Crippen LogP) is 3.99. The van der Waals surface area contributed by atoms with Crippen LogP contribution in [0.3, 0.4) is 0 Å². The van der Waals surface area contributed by atoms with Crippen LogP contribution in [0.25, 0.3) is 0 Å². The Kier molecular flexibility index (Phi) is 9.30. The third-order valence-electron chi connectivity index (χ3n) is 7.85. The zero-order valence-corrected chi connectivity index (χ0v) is 25.1. The first-order chi connectivity index (χ1) is 20.9. The van der Waals surface area contributed by atoms with Gasteiger partial charge in [0.25, 0.3) is 11.8 Å². The van der Waals surface area contributed by atoms with Gasteiger partial charge < -0.3 is 25.4 Å². The maximum absolute atomic E-state index is 13.5. The highest BCUT2D eigenvalue weighted by Crippen LogP contribution is 2.32. The Morgan fingerprint density at radius 1 is 1.09 bits per heavy atom. The van der Waals surface area contributed by atoms with Crippen LogP contribution in [-0.4, -0.2) is 86.5 Å². The molecular weight excluding hydrogens is 601 g/mol. The normalized spacial score (nSPS) is 16.4. The molecule has 0 spiro atoms. The Morgan fingerprint density at radius 2 is 1.77 bits per heavy atom. The number of imidazole rings is 1. The number of carbonyl (C=O) groups is 3. The maximum atomic E-state index is 13.5. The Bertz CT molecular complexity index is 1520. The molecule has 0 atom stereocenters. The summed E-state index contributed by atoms with van der Waals surface area (Å²) in [6.07, 6.45) is -0.478. The molecule has 2 saturated heterocycles. The van der Waals surface area contributed by atoms with Gasteiger partial charge in [0.05, 0.1) is 10.6 Å². The summed E-state index contributed by atoms with van der Waals surface area (Å²) < 4.78 is 41.8. The van der Waals surface area contributed by atoms with Crippen molar-refractivity contribution in [2.45, 2.75) is 45.3 Å². The molecule has 236 valence electrons. The summed E-state index contributed by atoms with van der Waals surface area (Å²) >= 11 is 6.43. The molecule has 2 aliphatic rings. The van der Waals surface area contributed by atoms with Crippen molar-refractivity contribution in [3.05, 3.63) is 64.0 Å². The molecule has 0 bridgehead atoms. The molecule has 2 aliphatic heterocycles. The van der Waals surface area contributed by atoms with E-state index in [0.29, 0.717) is 37.6 Å². The second-order valence-electron chi connectivity index (χ2n) is 11.3. The summed E-state index contributed by atoms with van der Waals surface area (Å²) in [4.78, 5) is 49.1. The lowest BCUT2D eigenvalue weighted by Crippen LogP contribution is -2.52. The second kappa shape index (κ2) is 13.0. The lowest BCUT2D eigenvalue weighted by Gasteiger charge is -2.37. The van der Waals surface area contributed by atoms with Gasteiger partial charge >= 0.3 is 6.18 Å². The van der Waals surface area contributed by atoms with E-state index in [1.54, 1.807) is 18.7 Å². The molecule has 5 rings (SSSR count). The van der Waals surface area contributed by atoms with Crippen molar-refractivity contribution in [2.75, 3.05) is 44.6 Å². The van der Waals surface area contributed by atoms with Crippen molar-refractivity contribution < 1.29 is 27.6 Å². The number of benzene rings is 1. The highest BCUT2D eigenvalue weighted by atomic mass is 35.5. The van der Waals surface area contributed by atoms with E-state index >= 15 is 0 Å². The molecule has 11 nitrogen and oxygen atoms in total. The summed E-state index contributed by atoms with van der Waals surface area (Å²) in [5.41, 5.74) is -0.136. The van der Waals surface area contributed by atoms with E-state index in [2.05, 4.69) is 25.7 Å². The van der Waals surface area contributed by atoms with E-state index in [1.165, 1.54) is 35.3 Å². The van der Waals surface area contributed by atoms with Crippen LogP contribution in [0.2, 0.25) is 5.02 Å². The first-order valence-electron chi connectivity index (χ1n) is 14.5. The van der Waals surface area contributed by atoms with Crippen LogP contribution in [0, 0.1) is 5.92 Å². The SMILES string of the molecule is CC(C)n1cc(Cc2cnc(C(=O)Nc3ccc(C(=O)N4CCN(C(=O)C5CCNCC5)CC4)c(Cl)c3)[nH]2)c(C(F)(F)F)n1. The Balaban J connectivity index is 1.18. The molecule has 2 aromatic heterocycles. The summed E-state index contributed by atoms with van der Waals surface area (Å²) in [7, 11) is 0. The minimum Gasteiger partial charge on any atom is -0.339 e. The molecule has 3 N–H and O–H groups in total. The average Bonchev–Trinajstić information content (AvgIpc) is 3.65. The van der Waals surface area contributed by atoms with Gasteiger partial charge in [0.15, 0.2) is 11.5 Å². The smallest absolute Gasteiger partial charge is 0.339 e. The van der Waals surface area contributed by atoms with E-state index in [4.69, 9.17) is 11.6 Å². The van der Waals surface area contributed by atoms with Gasteiger partial charge in [-0.15, -0.1) is 0 Å². The fourth-order valence-electron chi connectivity index (χ4n) is 5.42. The zero-order valence-electron chi connectivity index (χ0n) is 24.4. The average molecular weight is 635 g/mol. The number of amides is 3. The minimum absolute atomic E-state index is 0.0283. The number of hydrogen-bond acceptors (Lipinski definition) is 6.